The van der Waals surface area contributed by atoms with Crippen molar-refractivity contribution in [2.24, 2.45) is 0 Å². The average Bonchev–Trinajstić information content (AvgIpc) is 2.76. The quantitative estimate of drug-likeness (QED) is 0.350. The minimum atomic E-state index is 0.804. The van der Waals surface area contributed by atoms with Crippen LogP contribution in [0.1, 0.15) is 63.5 Å². The van der Waals surface area contributed by atoms with Gasteiger partial charge in [0.05, 0.1) is 0 Å². The van der Waals surface area contributed by atoms with E-state index in [4.69, 9.17) is 0 Å². The Morgan fingerprint density at radius 3 is 1.68 bits per heavy atom. The highest BCUT2D eigenvalue weighted by atomic mass is 14.9. The first-order valence-corrected chi connectivity index (χ1v) is 10.8. The fourth-order valence-corrected chi connectivity index (χ4v) is 3.45. The summed E-state index contributed by atoms with van der Waals surface area (Å²) in [6.07, 6.45) is 13.8. The lowest BCUT2D eigenvalue weighted by atomic mass is 10.0. The molecule has 0 bridgehead atoms. The van der Waals surface area contributed by atoms with Crippen LogP contribution in [0.25, 0.3) is 22.5 Å². The SMILES string of the molecule is CCCCCCc1cnc(-c2ccc(-c3ccc(CCCC)cc3)cc2)nc1. The lowest BCUT2D eigenvalue weighted by molar-refractivity contribution is 0.665. The van der Waals surface area contributed by atoms with Gasteiger partial charge in [0.15, 0.2) is 5.82 Å². The molecule has 0 atom stereocenters. The molecule has 0 N–H and O–H groups in total. The van der Waals surface area contributed by atoms with Crippen LogP contribution in [0.3, 0.4) is 0 Å². The third kappa shape index (κ3) is 5.76. The van der Waals surface area contributed by atoms with E-state index in [2.05, 4.69) is 72.3 Å². The van der Waals surface area contributed by atoms with Gasteiger partial charge in [0.1, 0.15) is 0 Å². The van der Waals surface area contributed by atoms with Crippen LogP contribution in [0.5, 0.6) is 0 Å². The Morgan fingerprint density at radius 1 is 0.536 bits per heavy atom. The van der Waals surface area contributed by atoms with Crippen molar-refractivity contribution in [2.75, 3.05) is 0 Å². The molecule has 1 heterocycles. The Hall–Kier alpha value is -2.48. The van der Waals surface area contributed by atoms with Crippen LogP contribution >= 0.6 is 0 Å². The zero-order chi connectivity index (χ0) is 19.6. The fraction of sp³-hybridized carbons (Fsp3) is 0.385. The molecule has 0 spiro atoms. The van der Waals surface area contributed by atoms with Gasteiger partial charge in [0.2, 0.25) is 0 Å². The van der Waals surface area contributed by atoms with Crippen molar-refractivity contribution in [3.63, 3.8) is 0 Å². The smallest absolute Gasteiger partial charge is 0.159 e. The maximum absolute atomic E-state index is 4.58. The molecule has 2 heteroatoms. The predicted molar refractivity (Wildman–Crippen MR) is 119 cm³/mol. The monoisotopic (exact) mass is 372 g/mol. The van der Waals surface area contributed by atoms with Crippen LogP contribution in [0.15, 0.2) is 60.9 Å². The van der Waals surface area contributed by atoms with Gasteiger partial charge in [-0.3, -0.25) is 0 Å². The first kappa shape index (κ1) is 20.3. The van der Waals surface area contributed by atoms with Crippen LogP contribution in [0.2, 0.25) is 0 Å². The van der Waals surface area contributed by atoms with Gasteiger partial charge in [-0.2, -0.15) is 0 Å². The van der Waals surface area contributed by atoms with Crippen LogP contribution in [-0.4, -0.2) is 9.97 Å². The lowest BCUT2D eigenvalue weighted by Gasteiger charge is -2.06. The Bertz CT molecular complexity index is 818. The first-order valence-electron chi connectivity index (χ1n) is 10.8. The first-order chi connectivity index (χ1) is 13.8. The Labute approximate surface area is 170 Å². The number of nitrogens with zero attached hydrogens (tertiary/aromatic N) is 2. The zero-order valence-electron chi connectivity index (χ0n) is 17.3. The number of benzene rings is 2. The zero-order valence-corrected chi connectivity index (χ0v) is 17.3. The Balaban J connectivity index is 1.62. The molecule has 0 amide bonds. The van der Waals surface area contributed by atoms with Crippen LogP contribution in [0, 0.1) is 0 Å². The minimum Gasteiger partial charge on any atom is -0.236 e. The van der Waals surface area contributed by atoms with Crippen molar-refractivity contribution in [1.29, 1.82) is 0 Å². The highest BCUT2D eigenvalue weighted by Crippen LogP contribution is 2.24. The van der Waals surface area contributed by atoms with Crippen molar-refractivity contribution < 1.29 is 0 Å². The third-order valence-corrected chi connectivity index (χ3v) is 5.27. The summed E-state index contributed by atoms with van der Waals surface area (Å²) >= 11 is 0. The molecule has 3 rings (SSSR count). The summed E-state index contributed by atoms with van der Waals surface area (Å²) in [5.41, 5.74) is 6.22. The van der Waals surface area contributed by atoms with Crippen LogP contribution in [0.4, 0.5) is 0 Å². The van der Waals surface area contributed by atoms with Gasteiger partial charge in [-0.25, -0.2) is 9.97 Å². The molecule has 0 radical (unpaired) electrons. The summed E-state index contributed by atoms with van der Waals surface area (Å²) < 4.78 is 0. The summed E-state index contributed by atoms with van der Waals surface area (Å²) in [5.74, 6) is 0.804. The lowest BCUT2D eigenvalue weighted by Crippen LogP contribution is -1.93. The van der Waals surface area contributed by atoms with E-state index in [1.54, 1.807) is 0 Å². The van der Waals surface area contributed by atoms with E-state index in [1.807, 2.05) is 12.4 Å². The molecule has 0 saturated carbocycles. The normalized spacial score (nSPS) is 10.9. The maximum atomic E-state index is 4.58. The molecule has 3 aromatic rings. The molecule has 2 nitrogen and oxygen atoms in total. The van der Waals surface area contributed by atoms with E-state index in [0.717, 1.165) is 17.8 Å². The van der Waals surface area contributed by atoms with E-state index >= 15 is 0 Å². The fourth-order valence-electron chi connectivity index (χ4n) is 3.45. The van der Waals surface area contributed by atoms with E-state index in [0.29, 0.717) is 0 Å². The topological polar surface area (TPSA) is 25.8 Å². The molecule has 28 heavy (non-hydrogen) atoms. The standard InChI is InChI=1S/C26H32N2/c1-3-5-7-8-10-22-19-27-26(28-20-22)25-17-15-24(16-18-25)23-13-11-21(12-14-23)9-6-4-2/h11-20H,3-10H2,1-2H3. The number of hydrogen-bond acceptors (Lipinski definition) is 2. The number of rotatable bonds is 10. The molecule has 0 aliphatic rings. The summed E-state index contributed by atoms with van der Waals surface area (Å²) in [6.45, 7) is 4.48. The van der Waals surface area contributed by atoms with Crippen molar-refractivity contribution in [3.05, 3.63) is 72.1 Å². The third-order valence-electron chi connectivity index (χ3n) is 5.27. The van der Waals surface area contributed by atoms with E-state index in [-0.39, 0.29) is 0 Å². The van der Waals surface area contributed by atoms with E-state index in [1.165, 1.54) is 67.2 Å². The van der Waals surface area contributed by atoms with Gasteiger partial charge in [-0.15, -0.1) is 0 Å². The van der Waals surface area contributed by atoms with E-state index < -0.39 is 0 Å². The second-order valence-corrected chi connectivity index (χ2v) is 7.60. The molecule has 0 unspecified atom stereocenters. The maximum Gasteiger partial charge on any atom is 0.159 e. The summed E-state index contributed by atoms with van der Waals surface area (Å²) in [7, 11) is 0. The molecule has 0 aliphatic heterocycles. The molecular weight excluding hydrogens is 340 g/mol. The molecule has 1 aromatic heterocycles. The summed E-state index contributed by atoms with van der Waals surface area (Å²) in [6, 6.07) is 17.5. The second kappa shape index (κ2) is 10.8. The second-order valence-electron chi connectivity index (χ2n) is 7.60. The number of hydrogen-bond donors (Lipinski definition) is 0. The van der Waals surface area contributed by atoms with Gasteiger partial charge < -0.3 is 0 Å². The van der Waals surface area contributed by atoms with Crippen LogP contribution in [-0.2, 0) is 12.8 Å². The molecular formula is C26H32N2. The molecule has 0 aliphatic carbocycles. The molecule has 146 valence electrons. The highest BCUT2D eigenvalue weighted by molar-refractivity contribution is 5.67. The van der Waals surface area contributed by atoms with Gasteiger partial charge in [0, 0.05) is 18.0 Å². The Morgan fingerprint density at radius 2 is 1.07 bits per heavy atom. The molecule has 0 saturated heterocycles. The molecule has 0 fully saturated rings. The minimum absolute atomic E-state index is 0.804. The van der Waals surface area contributed by atoms with Gasteiger partial charge in [-0.1, -0.05) is 88.1 Å². The number of unbranched alkanes of at least 4 members (excludes halogenated alkanes) is 4. The van der Waals surface area contributed by atoms with Gasteiger partial charge >= 0.3 is 0 Å². The largest absolute Gasteiger partial charge is 0.236 e. The predicted octanol–water partition coefficient (Wildman–Crippen LogP) is 7.28. The van der Waals surface area contributed by atoms with E-state index in [9.17, 15) is 0 Å². The number of aromatic nitrogens is 2. The average molecular weight is 373 g/mol. The highest BCUT2D eigenvalue weighted by Gasteiger charge is 2.04. The van der Waals surface area contributed by atoms with Crippen molar-refractivity contribution >= 4 is 0 Å². The summed E-state index contributed by atoms with van der Waals surface area (Å²) in [4.78, 5) is 9.16. The summed E-state index contributed by atoms with van der Waals surface area (Å²) in [5, 5.41) is 0. The Kier molecular flexibility index (Phi) is 7.78. The van der Waals surface area contributed by atoms with Gasteiger partial charge in [-0.05, 0) is 47.9 Å². The van der Waals surface area contributed by atoms with Gasteiger partial charge in [0.25, 0.3) is 0 Å². The van der Waals surface area contributed by atoms with Crippen LogP contribution < -0.4 is 0 Å². The van der Waals surface area contributed by atoms with Crippen molar-refractivity contribution in [2.45, 2.75) is 65.2 Å². The number of aryl methyl sites for hydroxylation is 2. The van der Waals surface area contributed by atoms with Crippen molar-refractivity contribution in [1.82, 2.24) is 9.97 Å². The van der Waals surface area contributed by atoms with Crippen molar-refractivity contribution in [3.8, 4) is 22.5 Å². The molecule has 2 aromatic carbocycles.